The molecule has 0 fully saturated rings. The summed E-state index contributed by atoms with van der Waals surface area (Å²) in [7, 11) is 1.66. The van der Waals surface area contributed by atoms with Crippen LogP contribution in [0.4, 0.5) is 8.78 Å². The Labute approximate surface area is 167 Å². The lowest BCUT2D eigenvalue weighted by atomic mass is 10.1. The smallest absolute Gasteiger partial charge is 0.274 e. The van der Waals surface area contributed by atoms with E-state index in [1.54, 1.807) is 17.8 Å². The largest absolute Gasteiger partial charge is 0.304 e. The maximum absolute atomic E-state index is 14.3. The lowest BCUT2D eigenvalue weighted by Gasteiger charge is -2.07. The summed E-state index contributed by atoms with van der Waals surface area (Å²) in [6.07, 6.45) is 1.72. The van der Waals surface area contributed by atoms with Crippen LogP contribution in [0.3, 0.4) is 0 Å². The lowest BCUT2D eigenvalue weighted by molar-refractivity contribution is 0.0705. The summed E-state index contributed by atoms with van der Waals surface area (Å²) in [4.78, 5) is 15.4. The number of halogens is 2. The number of fused-ring (bicyclic) bond motifs is 1. The van der Waals surface area contributed by atoms with Crippen LogP contribution >= 0.6 is 11.8 Å². The Morgan fingerprint density at radius 3 is 2.48 bits per heavy atom. The maximum atomic E-state index is 14.3. The van der Waals surface area contributed by atoms with Crippen molar-refractivity contribution < 1.29 is 18.8 Å². The van der Waals surface area contributed by atoms with Crippen LogP contribution in [0, 0.1) is 11.6 Å². The predicted octanol–water partition coefficient (Wildman–Crippen LogP) is 3.58. The van der Waals surface area contributed by atoms with Crippen LogP contribution in [0.5, 0.6) is 0 Å². The minimum absolute atomic E-state index is 0.243. The van der Waals surface area contributed by atoms with Gasteiger partial charge in [0.25, 0.3) is 5.91 Å². The van der Waals surface area contributed by atoms with Crippen LogP contribution in [0.1, 0.15) is 10.4 Å². The van der Waals surface area contributed by atoms with E-state index in [0.717, 1.165) is 34.7 Å². The summed E-state index contributed by atoms with van der Waals surface area (Å²) >= 11 is 0.732. The molecule has 0 aliphatic rings. The third kappa shape index (κ3) is 3.55. The number of hydroxylamine groups is 1. The van der Waals surface area contributed by atoms with E-state index in [4.69, 9.17) is 5.21 Å². The second-order valence-corrected chi connectivity index (χ2v) is 7.07. The molecule has 2 N–H and O–H groups in total. The highest BCUT2D eigenvalue weighted by Crippen LogP contribution is 2.33. The second-order valence-electron chi connectivity index (χ2n) is 6.09. The molecular weight excluding hydrogens is 400 g/mol. The molecule has 0 unspecified atom stereocenters. The molecule has 0 radical (unpaired) electrons. The van der Waals surface area contributed by atoms with Crippen LogP contribution in [-0.2, 0) is 7.05 Å². The standard InChI is InChI=1S/C19H13F2N5O2S/c1-26-17(15-8-10-4-2-3-5-11(10)9-22-15)23-24-19(26)29-16-13(20)6-12(7-14(16)21)18(27)25-28/h2-9,28H,1H3,(H,25,27). The Morgan fingerprint density at radius 1 is 1.10 bits per heavy atom. The highest BCUT2D eigenvalue weighted by atomic mass is 32.2. The molecule has 0 bridgehead atoms. The van der Waals surface area contributed by atoms with Gasteiger partial charge >= 0.3 is 0 Å². The van der Waals surface area contributed by atoms with Gasteiger partial charge in [0.2, 0.25) is 0 Å². The number of rotatable bonds is 4. The summed E-state index contributed by atoms with van der Waals surface area (Å²) in [5.41, 5.74) is 1.56. The molecule has 1 amide bonds. The quantitative estimate of drug-likeness (QED) is 0.392. The van der Waals surface area contributed by atoms with Crippen molar-refractivity contribution in [3.63, 3.8) is 0 Å². The molecule has 0 aliphatic heterocycles. The van der Waals surface area contributed by atoms with Gasteiger partial charge in [0.05, 0.1) is 4.90 Å². The van der Waals surface area contributed by atoms with Crippen molar-refractivity contribution in [2.24, 2.45) is 7.05 Å². The molecule has 2 heterocycles. The molecule has 10 heteroatoms. The average molecular weight is 413 g/mol. The number of nitrogens with one attached hydrogen (secondary N) is 1. The maximum Gasteiger partial charge on any atom is 0.274 e. The monoisotopic (exact) mass is 413 g/mol. The predicted molar refractivity (Wildman–Crippen MR) is 101 cm³/mol. The van der Waals surface area contributed by atoms with Crippen molar-refractivity contribution in [3.8, 4) is 11.5 Å². The van der Waals surface area contributed by atoms with Crippen LogP contribution in [0.15, 0.2) is 58.7 Å². The third-order valence-electron chi connectivity index (χ3n) is 4.25. The van der Waals surface area contributed by atoms with Crippen LogP contribution in [0.25, 0.3) is 22.3 Å². The van der Waals surface area contributed by atoms with Gasteiger partial charge in [-0.3, -0.25) is 15.0 Å². The number of pyridine rings is 1. The van der Waals surface area contributed by atoms with Crippen molar-refractivity contribution in [2.45, 2.75) is 10.1 Å². The van der Waals surface area contributed by atoms with Crippen LogP contribution < -0.4 is 5.48 Å². The normalized spacial score (nSPS) is 11.0. The molecule has 0 saturated heterocycles. The van der Waals surface area contributed by atoms with E-state index in [-0.39, 0.29) is 15.6 Å². The lowest BCUT2D eigenvalue weighted by Crippen LogP contribution is -2.19. The average Bonchev–Trinajstić information content (AvgIpc) is 3.09. The Kier molecular flexibility index (Phi) is 4.95. The molecule has 2 aromatic heterocycles. The number of hydrogen-bond donors (Lipinski definition) is 2. The third-order valence-corrected chi connectivity index (χ3v) is 5.38. The number of benzene rings is 2. The molecular formula is C19H13F2N5O2S. The van der Waals surface area contributed by atoms with Gasteiger partial charge in [0, 0.05) is 24.2 Å². The van der Waals surface area contributed by atoms with E-state index in [1.165, 1.54) is 5.48 Å². The zero-order valence-electron chi connectivity index (χ0n) is 14.9. The van der Waals surface area contributed by atoms with E-state index in [9.17, 15) is 13.6 Å². The van der Waals surface area contributed by atoms with E-state index >= 15 is 0 Å². The van der Waals surface area contributed by atoms with Gasteiger partial charge in [0.1, 0.15) is 17.3 Å². The minimum atomic E-state index is -1.01. The molecule has 29 heavy (non-hydrogen) atoms. The Bertz CT molecular complexity index is 1220. The van der Waals surface area contributed by atoms with Gasteiger partial charge in [0.15, 0.2) is 11.0 Å². The SMILES string of the molecule is Cn1c(Sc2c(F)cc(C(=O)NO)cc2F)nnc1-c1cc2ccccc2cn1. The first-order chi connectivity index (χ1) is 14.0. The van der Waals surface area contributed by atoms with E-state index in [1.807, 2.05) is 30.3 Å². The number of amides is 1. The Morgan fingerprint density at radius 2 is 1.79 bits per heavy atom. The Balaban J connectivity index is 1.68. The summed E-state index contributed by atoms with van der Waals surface area (Å²) in [5.74, 6) is -2.48. The molecule has 4 rings (SSSR count). The van der Waals surface area contributed by atoms with Crippen molar-refractivity contribution in [2.75, 3.05) is 0 Å². The molecule has 4 aromatic rings. The van der Waals surface area contributed by atoms with Crippen LogP contribution in [0.2, 0.25) is 0 Å². The minimum Gasteiger partial charge on any atom is -0.304 e. The zero-order valence-corrected chi connectivity index (χ0v) is 15.7. The molecule has 7 nitrogen and oxygen atoms in total. The zero-order chi connectivity index (χ0) is 20.5. The highest BCUT2D eigenvalue weighted by molar-refractivity contribution is 7.99. The number of carbonyl (C=O) groups excluding carboxylic acids is 1. The fourth-order valence-electron chi connectivity index (χ4n) is 2.78. The van der Waals surface area contributed by atoms with Crippen LogP contribution in [-0.4, -0.2) is 30.9 Å². The highest BCUT2D eigenvalue weighted by Gasteiger charge is 2.20. The van der Waals surface area contributed by atoms with E-state index < -0.39 is 17.5 Å². The summed E-state index contributed by atoms with van der Waals surface area (Å²) < 4.78 is 30.3. The first-order valence-corrected chi connectivity index (χ1v) is 9.15. The van der Waals surface area contributed by atoms with Gasteiger partial charge in [-0.25, -0.2) is 14.3 Å². The summed E-state index contributed by atoms with van der Waals surface area (Å²) in [6.45, 7) is 0. The topological polar surface area (TPSA) is 92.9 Å². The van der Waals surface area contributed by atoms with Gasteiger partial charge < -0.3 is 4.57 Å². The first kappa shape index (κ1) is 19.0. The van der Waals surface area contributed by atoms with Gasteiger partial charge in [-0.2, -0.15) is 0 Å². The van der Waals surface area contributed by atoms with Gasteiger partial charge in [-0.1, -0.05) is 24.3 Å². The summed E-state index contributed by atoms with van der Waals surface area (Å²) in [5, 5.41) is 18.9. The summed E-state index contributed by atoms with van der Waals surface area (Å²) in [6, 6.07) is 11.2. The number of hydrogen-bond acceptors (Lipinski definition) is 6. The molecule has 0 spiro atoms. The van der Waals surface area contributed by atoms with Gasteiger partial charge in [-0.05, 0) is 35.3 Å². The van der Waals surface area contributed by atoms with Crippen molar-refractivity contribution >= 4 is 28.4 Å². The number of carbonyl (C=O) groups is 1. The molecule has 2 aromatic carbocycles. The van der Waals surface area contributed by atoms with Gasteiger partial charge in [-0.15, -0.1) is 10.2 Å². The van der Waals surface area contributed by atoms with Crippen molar-refractivity contribution in [3.05, 3.63) is 65.9 Å². The second kappa shape index (κ2) is 7.57. The Hall–Kier alpha value is -3.37. The fourth-order valence-corrected chi connectivity index (χ4v) is 3.58. The van der Waals surface area contributed by atoms with E-state index in [0.29, 0.717) is 11.5 Å². The fraction of sp³-hybridized carbons (Fsp3) is 0.0526. The van der Waals surface area contributed by atoms with E-state index in [2.05, 4.69) is 15.2 Å². The number of nitrogens with zero attached hydrogens (tertiary/aromatic N) is 4. The number of aromatic nitrogens is 4. The molecule has 0 aliphatic carbocycles. The molecule has 0 atom stereocenters. The molecule has 146 valence electrons. The first-order valence-electron chi connectivity index (χ1n) is 8.34. The van der Waals surface area contributed by atoms with Crippen molar-refractivity contribution in [1.29, 1.82) is 0 Å². The molecule has 0 saturated carbocycles. The van der Waals surface area contributed by atoms with Crippen molar-refractivity contribution in [1.82, 2.24) is 25.2 Å².